The first-order valence-electron chi connectivity index (χ1n) is 14.2. The van der Waals surface area contributed by atoms with Crippen LogP contribution in [0.15, 0.2) is 97.2 Å². The Labute approximate surface area is 246 Å². The Balaban J connectivity index is 1.34. The minimum Gasteiger partial charge on any atom is -0.378 e. The summed E-state index contributed by atoms with van der Waals surface area (Å²) in [6, 6.07) is 32.1. The molecule has 0 radical (unpaired) electrons. The largest absolute Gasteiger partial charge is 0.378 e. The molecule has 5 aromatic rings. The molecule has 2 aliphatic rings. The second-order valence-electron chi connectivity index (χ2n) is 10.8. The number of hydrogen-bond acceptors (Lipinski definition) is 4. The van der Waals surface area contributed by atoms with E-state index in [1.165, 1.54) is 39.1 Å². The molecule has 7 heteroatoms. The summed E-state index contributed by atoms with van der Waals surface area (Å²) in [7, 11) is 0. The molecule has 2 aliphatic heterocycles. The van der Waals surface area contributed by atoms with Gasteiger partial charge in [-0.1, -0.05) is 42.5 Å². The second-order valence-corrected chi connectivity index (χ2v) is 11.2. The Bertz CT molecular complexity index is 1700. The average Bonchev–Trinajstić information content (AvgIpc) is 3.52. The van der Waals surface area contributed by atoms with Gasteiger partial charge in [0.1, 0.15) is 0 Å². The highest BCUT2D eigenvalue weighted by molar-refractivity contribution is 7.80. The summed E-state index contributed by atoms with van der Waals surface area (Å²) < 4.78 is 7.94. The zero-order valence-corrected chi connectivity index (χ0v) is 24.1. The Hall–Kier alpha value is -4.20. The molecule has 0 amide bonds. The number of anilines is 2. The molecule has 0 spiro atoms. The Morgan fingerprint density at radius 2 is 1.59 bits per heavy atom. The number of aryl methyl sites for hydroxylation is 1. The maximum absolute atomic E-state index is 6.03. The highest BCUT2D eigenvalue weighted by atomic mass is 32.1. The molecule has 2 unspecified atom stereocenters. The number of nitrogens with zero attached hydrogens (tertiary/aromatic N) is 4. The van der Waals surface area contributed by atoms with Gasteiger partial charge in [-0.15, -0.1) is 0 Å². The number of ether oxygens (including phenoxy) is 1. The quantitative estimate of drug-likeness (QED) is 0.243. The van der Waals surface area contributed by atoms with Crippen molar-refractivity contribution >= 4 is 39.5 Å². The average molecular weight is 560 g/mol. The topological polar surface area (TPSA) is 45.6 Å². The van der Waals surface area contributed by atoms with Crippen molar-refractivity contribution in [2.24, 2.45) is 0 Å². The molecule has 2 atom stereocenters. The fraction of sp³-hybridized carbons (Fsp3) is 0.235. The van der Waals surface area contributed by atoms with Gasteiger partial charge in [0.2, 0.25) is 0 Å². The molecule has 1 N–H and O–H groups in total. The maximum Gasteiger partial charge on any atom is 0.174 e. The van der Waals surface area contributed by atoms with Crippen LogP contribution >= 0.6 is 12.2 Å². The standard InChI is InChI=1S/C34H33N5OS/c1-23-22-29(24(2)38(23)31-12-7-9-25-8-3-4-10-28(25)31)33-32(30-11-5-6-17-35-30)36-34(41)39(33)27-15-13-26(14-16-27)37-18-20-40-21-19-37/h3-17,22,32-33H,18-21H2,1-2H3,(H,36,41). The lowest BCUT2D eigenvalue weighted by molar-refractivity contribution is 0.122. The van der Waals surface area contributed by atoms with E-state index < -0.39 is 0 Å². The Morgan fingerprint density at radius 3 is 2.37 bits per heavy atom. The van der Waals surface area contributed by atoms with Gasteiger partial charge in [0, 0.05) is 47.4 Å². The van der Waals surface area contributed by atoms with Crippen molar-refractivity contribution in [2.75, 3.05) is 36.1 Å². The van der Waals surface area contributed by atoms with Gasteiger partial charge in [-0.05, 0) is 85.5 Å². The van der Waals surface area contributed by atoms with E-state index in [0.29, 0.717) is 5.11 Å². The predicted octanol–water partition coefficient (Wildman–Crippen LogP) is 6.66. The van der Waals surface area contributed by atoms with Gasteiger partial charge in [-0.3, -0.25) is 4.98 Å². The van der Waals surface area contributed by atoms with E-state index in [0.717, 1.165) is 37.7 Å². The maximum atomic E-state index is 6.03. The van der Waals surface area contributed by atoms with Crippen LogP contribution in [0.2, 0.25) is 0 Å². The number of pyridine rings is 1. The van der Waals surface area contributed by atoms with Crippen molar-refractivity contribution < 1.29 is 4.74 Å². The molecular weight excluding hydrogens is 526 g/mol. The SMILES string of the molecule is Cc1cc(C2C(c3ccccn3)NC(=S)N2c2ccc(N3CCOCC3)cc2)c(C)n1-c1cccc2ccccc12. The Kier molecular flexibility index (Phi) is 6.69. The van der Waals surface area contributed by atoms with Crippen molar-refractivity contribution in [2.45, 2.75) is 25.9 Å². The number of benzene rings is 3. The predicted molar refractivity (Wildman–Crippen MR) is 170 cm³/mol. The number of thiocarbonyl (C=S) groups is 1. The Morgan fingerprint density at radius 1 is 0.854 bits per heavy atom. The molecule has 6 nitrogen and oxygen atoms in total. The van der Waals surface area contributed by atoms with Crippen LogP contribution in [0.3, 0.4) is 0 Å². The number of morpholine rings is 1. The highest BCUT2D eigenvalue weighted by Gasteiger charge is 2.42. The van der Waals surface area contributed by atoms with Crippen molar-refractivity contribution in [3.05, 3.63) is 120 Å². The summed E-state index contributed by atoms with van der Waals surface area (Å²) in [5.41, 5.74) is 8.06. The molecule has 4 heterocycles. The van der Waals surface area contributed by atoms with Gasteiger partial charge in [-0.2, -0.15) is 0 Å². The van der Waals surface area contributed by atoms with Crippen LogP contribution in [0.5, 0.6) is 0 Å². The zero-order valence-electron chi connectivity index (χ0n) is 23.3. The van der Waals surface area contributed by atoms with Crippen LogP contribution in [0.25, 0.3) is 16.5 Å². The molecule has 0 aliphatic carbocycles. The number of nitrogens with one attached hydrogen (secondary N) is 1. The van der Waals surface area contributed by atoms with Crippen LogP contribution < -0.4 is 15.1 Å². The summed E-state index contributed by atoms with van der Waals surface area (Å²) in [4.78, 5) is 9.40. The van der Waals surface area contributed by atoms with Gasteiger partial charge in [0.15, 0.2) is 5.11 Å². The molecule has 2 aromatic heterocycles. The molecule has 206 valence electrons. The minimum atomic E-state index is -0.0934. The smallest absolute Gasteiger partial charge is 0.174 e. The molecular formula is C34H33N5OS. The fourth-order valence-corrected chi connectivity index (χ4v) is 6.80. The number of hydrogen-bond donors (Lipinski definition) is 1. The molecule has 41 heavy (non-hydrogen) atoms. The van der Waals surface area contributed by atoms with E-state index >= 15 is 0 Å². The third kappa shape index (κ3) is 4.55. The third-order valence-corrected chi connectivity index (χ3v) is 8.71. The van der Waals surface area contributed by atoms with Crippen LogP contribution in [-0.2, 0) is 4.74 Å². The lowest BCUT2D eigenvalue weighted by Gasteiger charge is -2.31. The van der Waals surface area contributed by atoms with Crippen molar-refractivity contribution in [3.63, 3.8) is 0 Å². The van der Waals surface area contributed by atoms with E-state index in [1.807, 2.05) is 18.3 Å². The highest BCUT2D eigenvalue weighted by Crippen LogP contribution is 2.44. The summed E-state index contributed by atoms with van der Waals surface area (Å²) in [6.45, 7) is 7.77. The summed E-state index contributed by atoms with van der Waals surface area (Å²) in [6.07, 6.45) is 1.86. The van der Waals surface area contributed by atoms with Crippen molar-refractivity contribution in [3.8, 4) is 5.69 Å². The van der Waals surface area contributed by atoms with E-state index in [1.54, 1.807) is 0 Å². The minimum absolute atomic E-state index is 0.0680. The molecule has 2 fully saturated rings. The van der Waals surface area contributed by atoms with Crippen LogP contribution in [-0.4, -0.2) is 41.0 Å². The van der Waals surface area contributed by atoms with E-state index in [2.05, 4.69) is 112 Å². The van der Waals surface area contributed by atoms with E-state index in [-0.39, 0.29) is 12.1 Å². The number of rotatable bonds is 5. The van der Waals surface area contributed by atoms with Crippen molar-refractivity contribution in [1.82, 2.24) is 14.9 Å². The second kappa shape index (κ2) is 10.7. The van der Waals surface area contributed by atoms with Crippen LogP contribution in [0, 0.1) is 13.8 Å². The third-order valence-electron chi connectivity index (χ3n) is 8.40. The van der Waals surface area contributed by atoms with Gasteiger partial charge < -0.3 is 24.4 Å². The van der Waals surface area contributed by atoms with Crippen molar-refractivity contribution in [1.29, 1.82) is 0 Å². The lowest BCUT2D eigenvalue weighted by Crippen LogP contribution is -2.36. The molecule has 0 saturated carbocycles. The number of fused-ring (bicyclic) bond motifs is 1. The first kappa shape index (κ1) is 25.7. The van der Waals surface area contributed by atoms with Crippen LogP contribution in [0.1, 0.15) is 34.7 Å². The molecule has 3 aromatic carbocycles. The zero-order chi connectivity index (χ0) is 27.9. The molecule has 7 rings (SSSR count). The summed E-state index contributed by atoms with van der Waals surface area (Å²) >= 11 is 6.03. The first-order valence-corrected chi connectivity index (χ1v) is 14.6. The van der Waals surface area contributed by atoms with E-state index in [4.69, 9.17) is 21.9 Å². The van der Waals surface area contributed by atoms with E-state index in [9.17, 15) is 0 Å². The number of aromatic nitrogens is 2. The van der Waals surface area contributed by atoms with Gasteiger partial charge in [0.05, 0.1) is 36.7 Å². The first-order chi connectivity index (χ1) is 20.1. The van der Waals surface area contributed by atoms with Gasteiger partial charge in [-0.25, -0.2) is 0 Å². The molecule has 0 bridgehead atoms. The van der Waals surface area contributed by atoms with Gasteiger partial charge >= 0.3 is 0 Å². The lowest BCUT2D eigenvalue weighted by atomic mass is 9.96. The fourth-order valence-electron chi connectivity index (χ4n) is 6.46. The normalized spacial score (nSPS) is 19.1. The summed E-state index contributed by atoms with van der Waals surface area (Å²) in [5.74, 6) is 0. The van der Waals surface area contributed by atoms with Crippen LogP contribution in [0.4, 0.5) is 11.4 Å². The monoisotopic (exact) mass is 559 g/mol. The van der Waals surface area contributed by atoms with Gasteiger partial charge in [0.25, 0.3) is 0 Å². The summed E-state index contributed by atoms with van der Waals surface area (Å²) in [5, 5.41) is 6.81. The molecule has 2 saturated heterocycles.